The zero-order valence-corrected chi connectivity index (χ0v) is 26.7. The van der Waals surface area contributed by atoms with Crippen LogP contribution < -0.4 is 4.74 Å². The van der Waals surface area contributed by atoms with Gasteiger partial charge < -0.3 is 34.0 Å². The van der Waals surface area contributed by atoms with Gasteiger partial charge in [-0.1, -0.05) is 18.2 Å². The number of aliphatic hydroxyl groups excluding tert-OH is 1. The minimum Gasteiger partial charge on any atom is -0.466 e. The van der Waals surface area contributed by atoms with Crippen molar-refractivity contribution in [3.05, 3.63) is 95.4 Å². The lowest BCUT2D eigenvalue weighted by Gasteiger charge is -2.36. The summed E-state index contributed by atoms with van der Waals surface area (Å²) in [6.07, 6.45) is 5.48. The first-order chi connectivity index (χ1) is 23.1. The van der Waals surface area contributed by atoms with Gasteiger partial charge in [-0.25, -0.2) is 22.2 Å². The van der Waals surface area contributed by atoms with E-state index in [-0.39, 0.29) is 58.5 Å². The second-order valence-electron chi connectivity index (χ2n) is 11.3. The standard InChI is InChI=1S/C34H33F2N3O8S/c1-48(42,43)32-24-11-12-37-28(24)19-27(36)31(32)47-23-8-9-26(35)25(18-23)33-38-20-29(39-33)34(45-15-4-16-46-34)22-6-2-5-21(17-22)7-10-30(41)44-14-3-13-40/h2,5-6,8-9,11-12,17-20,37,40H,3-4,7,10,13-16H2,1H3,(H,38,39). The van der Waals surface area contributed by atoms with E-state index in [9.17, 15) is 13.2 Å². The minimum absolute atomic E-state index is 0.0227. The van der Waals surface area contributed by atoms with Gasteiger partial charge in [0.15, 0.2) is 21.4 Å². The molecule has 0 unspecified atom stereocenters. The summed E-state index contributed by atoms with van der Waals surface area (Å²) in [5.74, 6) is -3.80. The van der Waals surface area contributed by atoms with E-state index in [1.807, 2.05) is 24.3 Å². The largest absolute Gasteiger partial charge is 0.466 e. The second kappa shape index (κ2) is 13.8. The highest BCUT2D eigenvalue weighted by Gasteiger charge is 2.41. The molecule has 5 aromatic rings. The molecule has 0 amide bonds. The van der Waals surface area contributed by atoms with Gasteiger partial charge in [0.2, 0.25) is 5.79 Å². The molecule has 0 atom stereocenters. The molecule has 14 heteroatoms. The molecule has 0 aliphatic carbocycles. The lowest BCUT2D eigenvalue weighted by atomic mass is 9.97. The molecule has 1 fully saturated rings. The lowest BCUT2D eigenvalue weighted by molar-refractivity contribution is -0.251. The molecular formula is C34H33F2N3O8S. The van der Waals surface area contributed by atoms with Crippen molar-refractivity contribution in [2.45, 2.75) is 36.4 Å². The van der Waals surface area contributed by atoms with E-state index in [0.717, 1.165) is 24.0 Å². The Kier molecular flexibility index (Phi) is 9.60. The van der Waals surface area contributed by atoms with Gasteiger partial charge >= 0.3 is 5.97 Å². The first kappa shape index (κ1) is 33.3. The zero-order valence-electron chi connectivity index (χ0n) is 25.9. The van der Waals surface area contributed by atoms with E-state index in [1.165, 1.54) is 30.6 Å². The monoisotopic (exact) mass is 681 g/mol. The maximum absolute atomic E-state index is 15.3. The first-order valence-electron chi connectivity index (χ1n) is 15.3. The van der Waals surface area contributed by atoms with E-state index in [4.69, 9.17) is 24.1 Å². The predicted octanol–water partition coefficient (Wildman–Crippen LogP) is 5.53. The van der Waals surface area contributed by atoms with Gasteiger partial charge in [0.25, 0.3) is 0 Å². The highest BCUT2D eigenvalue weighted by Crippen LogP contribution is 2.40. The number of aliphatic hydroxyl groups is 1. The third-order valence-corrected chi connectivity index (χ3v) is 8.97. The van der Waals surface area contributed by atoms with Gasteiger partial charge in [-0.3, -0.25) is 4.79 Å². The normalized spacial score (nSPS) is 14.7. The number of fused-ring (bicyclic) bond motifs is 1. The van der Waals surface area contributed by atoms with Crippen molar-refractivity contribution >= 4 is 26.7 Å². The van der Waals surface area contributed by atoms with Crippen molar-refractivity contribution in [2.24, 2.45) is 0 Å². The Hall–Kier alpha value is -4.63. The van der Waals surface area contributed by atoms with Crippen molar-refractivity contribution in [2.75, 3.05) is 32.7 Å². The highest BCUT2D eigenvalue weighted by molar-refractivity contribution is 7.91. The summed E-state index contributed by atoms with van der Waals surface area (Å²) in [6, 6.07) is 13.7. The average molecular weight is 682 g/mol. The number of imidazole rings is 1. The molecule has 1 aliphatic rings. The van der Waals surface area contributed by atoms with Crippen molar-refractivity contribution < 1.29 is 46.0 Å². The quantitative estimate of drug-likeness (QED) is 0.114. The molecule has 0 bridgehead atoms. The van der Waals surface area contributed by atoms with E-state index in [0.29, 0.717) is 43.7 Å². The van der Waals surface area contributed by atoms with Crippen molar-refractivity contribution in [3.8, 4) is 22.9 Å². The molecule has 11 nitrogen and oxygen atoms in total. The molecule has 252 valence electrons. The number of carbonyl (C=O) groups excluding carboxylic acids is 1. The molecular weight excluding hydrogens is 648 g/mol. The molecule has 1 saturated heterocycles. The van der Waals surface area contributed by atoms with Crippen LogP contribution in [0.3, 0.4) is 0 Å². The van der Waals surface area contributed by atoms with Crippen LogP contribution in [0.15, 0.2) is 71.9 Å². The summed E-state index contributed by atoms with van der Waals surface area (Å²) >= 11 is 0. The number of halogens is 2. The summed E-state index contributed by atoms with van der Waals surface area (Å²) < 4.78 is 79.2. The second-order valence-corrected chi connectivity index (χ2v) is 13.2. The summed E-state index contributed by atoms with van der Waals surface area (Å²) in [5, 5.41) is 9.15. The fourth-order valence-corrected chi connectivity index (χ4v) is 6.64. The molecule has 6 rings (SSSR count). The Balaban J connectivity index is 1.30. The van der Waals surface area contributed by atoms with Gasteiger partial charge in [0.05, 0.1) is 31.6 Å². The highest BCUT2D eigenvalue weighted by atomic mass is 32.2. The summed E-state index contributed by atoms with van der Waals surface area (Å²) in [4.78, 5) is 22.1. The fourth-order valence-electron chi connectivity index (χ4n) is 5.59. The van der Waals surface area contributed by atoms with Crippen molar-refractivity contribution in [1.82, 2.24) is 15.0 Å². The molecule has 3 aromatic carbocycles. The van der Waals surface area contributed by atoms with Crippen LogP contribution in [0.2, 0.25) is 0 Å². The number of sulfone groups is 1. The SMILES string of the molecule is CS(=O)(=O)c1c(Oc2ccc(F)c(-c3ncc(C4(c5cccc(CCC(=O)OCCCO)c5)OCCCO4)[nH]3)c2)c(F)cc2[nH]ccc12. The smallest absolute Gasteiger partial charge is 0.306 e. The number of nitrogens with zero attached hydrogens (tertiary/aromatic N) is 1. The third-order valence-electron chi connectivity index (χ3n) is 7.82. The maximum atomic E-state index is 15.3. The van der Waals surface area contributed by atoms with Crippen LogP contribution in [0.4, 0.5) is 8.78 Å². The molecule has 0 spiro atoms. The minimum atomic E-state index is -3.94. The molecule has 0 radical (unpaired) electrons. The van der Waals surface area contributed by atoms with Crippen LogP contribution in [0.5, 0.6) is 11.5 Å². The number of hydrogen-bond acceptors (Lipinski definition) is 9. The molecule has 1 aliphatic heterocycles. The number of aromatic amines is 2. The number of carbonyl (C=O) groups is 1. The van der Waals surface area contributed by atoms with E-state index in [1.54, 1.807) is 0 Å². The van der Waals surface area contributed by atoms with Gasteiger partial charge in [-0.05, 0) is 48.7 Å². The number of hydrogen-bond donors (Lipinski definition) is 3. The number of aryl methyl sites for hydroxylation is 1. The van der Waals surface area contributed by atoms with Gasteiger partial charge in [-0.15, -0.1) is 0 Å². The number of esters is 1. The molecule has 48 heavy (non-hydrogen) atoms. The third kappa shape index (κ3) is 6.83. The van der Waals surface area contributed by atoms with Crippen LogP contribution in [0.25, 0.3) is 22.3 Å². The van der Waals surface area contributed by atoms with Crippen LogP contribution in [-0.2, 0) is 41.1 Å². The molecule has 3 heterocycles. The Labute approximate surface area is 274 Å². The number of benzene rings is 3. The van der Waals surface area contributed by atoms with E-state index in [2.05, 4.69) is 15.0 Å². The summed E-state index contributed by atoms with van der Waals surface area (Å²) in [5.41, 5.74) is 2.10. The molecule has 2 aromatic heterocycles. The fraction of sp³-hybridized carbons (Fsp3) is 0.294. The van der Waals surface area contributed by atoms with Crippen LogP contribution in [0, 0.1) is 11.6 Å². The Morgan fingerprint density at radius 3 is 2.67 bits per heavy atom. The van der Waals surface area contributed by atoms with Crippen LogP contribution >= 0.6 is 0 Å². The summed E-state index contributed by atoms with van der Waals surface area (Å²) in [6.45, 7) is 0.830. The molecule has 3 N–H and O–H groups in total. The number of aromatic nitrogens is 3. The number of ether oxygens (including phenoxy) is 4. The Morgan fingerprint density at radius 1 is 1.08 bits per heavy atom. The van der Waals surface area contributed by atoms with E-state index >= 15 is 8.78 Å². The maximum Gasteiger partial charge on any atom is 0.306 e. The van der Waals surface area contributed by atoms with E-state index < -0.39 is 33.0 Å². The lowest BCUT2D eigenvalue weighted by Crippen LogP contribution is -2.39. The number of H-pyrrole nitrogens is 2. The van der Waals surface area contributed by atoms with Gasteiger partial charge in [-0.2, -0.15) is 0 Å². The average Bonchev–Trinajstić information content (AvgIpc) is 3.75. The summed E-state index contributed by atoms with van der Waals surface area (Å²) in [7, 11) is -3.94. The predicted molar refractivity (Wildman–Crippen MR) is 170 cm³/mol. The Bertz CT molecular complexity index is 2050. The van der Waals surface area contributed by atoms with Crippen LogP contribution in [0.1, 0.15) is 36.1 Å². The van der Waals surface area contributed by atoms with Crippen molar-refractivity contribution in [1.29, 1.82) is 0 Å². The number of rotatable bonds is 12. The van der Waals surface area contributed by atoms with Crippen LogP contribution in [-0.4, -0.2) is 67.1 Å². The van der Waals surface area contributed by atoms with Gasteiger partial charge in [0.1, 0.15) is 28.0 Å². The zero-order chi connectivity index (χ0) is 33.9. The van der Waals surface area contributed by atoms with Gasteiger partial charge in [0, 0.05) is 54.4 Å². The Morgan fingerprint density at radius 2 is 1.90 bits per heavy atom. The number of nitrogens with one attached hydrogen (secondary N) is 2. The first-order valence-corrected chi connectivity index (χ1v) is 17.1. The molecule has 0 saturated carbocycles. The van der Waals surface area contributed by atoms with Crippen molar-refractivity contribution in [3.63, 3.8) is 0 Å². The topological polar surface area (TPSA) is 153 Å².